The topological polar surface area (TPSA) is 55.5 Å². The lowest BCUT2D eigenvalue weighted by Crippen LogP contribution is -2.46. The lowest BCUT2D eigenvalue weighted by molar-refractivity contribution is 0.112. The number of H-pyrrole nitrogens is 1. The second-order valence-electron chi connectivity index (χ2n) is 11.3. The molecule has 1 unspecified atom stereocenters. The second-order valence-corrected chi connectivity index (χ2v) is 11.3. The van der Waals surface area contributed by atoms with Crippen molar-refractivity contribution >= 4 is 23.3 Å². The van der Waals surface area contributed by atoms with Gasteiger partial charge in [0, 0.05) is 56.5 Å². The molecule has 6 rings (SSSR count). The highest BCUT2D eigenvalue weighted by Crippen LogP contribution is 2.63. The maximum Gasteiger partial charge on any atom is 0.204 e. The van der Waals surface area contributed by atoms with Crippen molar-refractivity contribution in [1.29, 1.82) is 0 Å². The largest absolute Gasteiger partial charge is 0.339 e. The fourth-order valence-corrected chi connectivity index (χ4v) is 6.69. The van der Waals surface area contributed by atoms with Crippen molar-refractivity contribution in [2.45, 2.75) is 43.6 Å². The van der Waals surface area contributed by atoms with Gasteiger partial charge in [-0.3, -0.25) is 4.79 Å². The predicted octanol–water partition coefficient (Wildman–Crippen LogP) is 4.61. The van der Waals surface area contributed by atoms with Crippen LogP contribution in [0, 0.1) is 17.6 Å². The van der Waals surface area contributed by atoms with Crippen LogP contribution in [-0.2, 0) is 5.41 Å². The quantitative estimate of drug-likeness (QED) is 0.452. The minimum atomic E-state index is -0.870. The molecule has 3 fully saturated rings. The van der Waals surface area contributed by atoms with Gasteiger partial charge in [0.2, 0.25) is 5.95 Å². The molecule has 1 aliphatic heterocycles. The van der Waals surface area contributed by atoms with Crippen molar-refractivity contribution in [2.75, 3.05) is 51.2 Å². The van der Waals surface area contributed by atoms with Crippen LogP contribution in [0.2, 0.25) is 0 Å². The number of aldehydes is 1. The fraction of sp³-hybridized carbons (Fsp3) is 0.517. The lowest BCUT2D eigenvalue weighted by atomic mass is 9.80. The number of fused-ring (bicyclic) bond motifs is 2. The van der Waals surface area contributed by atoms with E-state index < -0.39 is 11.6 Å². The number of hydrogen-bond acceptors (Lipinski definition) is 5. The Morgan fingerprint density at radius 1 is 1.16 bits per heavy atom. The summed E-state index contributed by atoms with van der Waals surface area (Å²) in [7, 11) is 2.17. The molecule has 2 saturated carbocycles. The van der Waals surface area contributed by atoms with Crippen LogP contribution >= 0.6 is 0 Å². The predicted molar refractivity (Wildman–Crippen MR) is 141 cm³/mol. The Bertz CT molecular complexity index is 1250. The molecule has 3 aromatic rings. The molecule has 1 N–H and O–H groups in total. The molecule has 0 amide bonds. The van der Waals surface area contributed by atoms with Crippen molar-refractivity contribution in [1.82, 2.24) is 19.8 Å². The van der Waals surface area contributed by atoms with Crippen LogP contribution in [0.25, 0.3) is 11.0 Å². The fourth-order valence-electron chi connectivity index (χ4n) is 6.69. The van der Waals surface area contributed by atoms with E-state index in [2.05, 4.69) is 38.9 Å². The molecule has 6 nitrogen and oxygen atoms in total. The number of nitrogens with one attached hydrogen (secondary N) is 1. The maximum atomic E-state index is 13.9. The average molecular weight is 508 g/mol. The molecule has 0 spiro atoms. The number of anilines is 1. The molecule has 2 aliphatic carbocycles. The number of piperazine rings is 1. The zero-order chi connectivity index (χ0) is 25.6. The van der Waals surface area contributed by atoms with Gasteiger partial charge in [-0.05, 0) is 68.7 Å². The first kappa shape index (κ1) is 24.5. The van der Waals surface area contributed by atoms with Gasteiger partial charge in [0.05, 0.1) is 11.0 Å². The number of nitrogens with zero attached hydrogens (tertiary/aromatic N) is 4. The highest BCUT2D eigenvalue weighted by atomic mass is 19.2. The highest BCUT2D eigenvalue weighted by molar-refractivity contribution is 5.78. The standard InChI is InChI=1S/C29H35F2N5O/c1-34-10-12-35(13-11-34)8-3-9-36(28-32-26-16-24(30)25(31)17-27(26)33-28)23-6-7-29(18-22(29)15-23)21-5-2-4-20(14-21)19-37/h2,4-5,14,16-17,19,22-23H,3,6-13,15,18H2,1H3,(H,32,33)/t22?,23-,29-/m1/s1. The van der Waals surface area contributed by atoms with E-state index in [1.54, 1.807) is 0 Å². The van der Waals surface area contributed by atoms with Crippen LogP contribution in [0.4, 0.5) is 14.7 Å². The summed E-state index contributed by atoms with van der Waals surface area (Å²) >= 11 is 0. The molecule has 1 saturated heterocycles. The van der Waals surface area contributed by atoms with Gasteiger partial charge in [-0.25, -0.2) is 13.8 Å². The van der Waals surface area contributed by atoms with Crippen LogP contribution in [0.15, 0.2) is 36.4 Å². The lowest BCUT2D eigenvalue weighted by Gasteiger charge is -2.38. The second kappa shape index (κ2) is 9.80. The third-order valence-electron chi connectivity index (χ3n) is 9.00. The number of carbonyl (C=O) groups is 1. The summed E-state index contributed by atoms with van der Waals surface area (Å²) in [4.78, 5) is 26.6. The van der Waals surface area contributed by atoms with Crippen LogP contribution in [0.3, 0.4) is 0 Å². The number of aromatic amines is 1. The van der Waals surface area contributed by atoms with Gasteiger partial charge in [-0.15, -0.1) is 0 Å². The van der Waals surface area contributed by atoms with Gasteiger partial charge in [0.1, 0.15) is 6.29 Å². The summed E-state index contributed by atoms with van der Waals surface area (Å²) in [5, 5.41) is 0. The zero-order valence-electron chi connectivity index (χ0n) is 21.4. The molecular weight excluding hydrogens is 472 g/mol. The van der Waals surface area contributed by atoms with E-state index in [0.717, 1.165) is 83.2 Å². The summed E-state index contributed by atoms with van der Waals surface area (Å²) in [6.07, 6.45) is 6.24. The molecule has 3 aliphatic rings. The van der Waals surface area contributed by atoms with Crippen LogP contribution < -0.4 is 4.90 Å². The first-order chi connectivity index (χ1) is 17.9. The Morgan fingerprint density at radius 2 is 1.97 bits per heavy atom. The number of halogens is 2. The Hall–Kier alpha value is -2.84. The first-order valence-corrected chi connectivity index (χ1v) is 13.5. The van der Waals surface area contributed by atoms with Crippen LogP contribution in [-0.4, -0.2) is 78.4 Å². The number of likely N-dealkylation sites (N-methyl/N-ethyl adjacent to an activating group) is 1. The van der Waals surface area contributed by atoms with Gasteiger partial charge in [-0.2, -0.15) is 0 Å². The SMILES string of the molecule is CN1CCN(CCCN(c2nc3cc(F)c(F)cc3[nH]2)[C@@H]2CC[C@]3(c4cccc(C=O)c4)CC3C2)CC1. The third kappa shape index (κ3) is 4.77. The van der Waals surface area contributed by atoms with E-state index in [4.69, 9.17) is 4.98 Å². The van der Waals surface area contributed by atoms with Gasteiger partial charge in [0.15, 0.2) is 11.6 Å². The van der Waals surface area contributed by atoms with E-state index in [-0.39, 0.29) is 5.41 Å². The van der Waals surface area contributed by atoms with Gasteiger partial charge >= 0.3 is 0 Å². The highest BCUT2D eigenvalue weighted by Gasteiger charge is 2.58. The first-order valence-electron chi connectivity index (χ1n) is 13.5. The Balaban J connectivity index is 1.20. The van der Waals surface area contributed by atoms with Crippen LogP contribution in [0.5, 0.6) is 0 Å². The Morgan fingerprint density at radius 3 is 2.76 bits per heavy atom. The molecule has 3 atom stereocenters. The van der Waals surface area contributed by atoms with Crippen molar-refractivity contribution in [3.63, 3.8) is 0 Å². The number of benzene rings is 2. The summed E-state index contributed by atoms with van der Waals surface area (Å²) in [5.74, 6) is -0.445. The van der Waals surface area contributed by atoms with E-state index in [1.165, 1.54) is 17.7 Å². The zero-order valence-corrected chi connectivity index (χ0v) is 21.4. The van der Waals surface area contributed by atoms with Crippen molar-refractivity contribution in [3.8, 4) is 0 Å². The number of rotatable bonds is 8. The molecule has 8 heteroatoms. The van der Waals surface area contributed by atoms with Gasteiger partial charge in [-0.1, -0.05) is 18.2 Å². The molecular formula is C29H35F2N5O. The smallest absolute Gasteiger partial charge is 0.204 e. The van der Waals surface area contributed by atoms with Crippen molar-refractivity contribution in [2.24, 2.45) is 5.92 Å². The molecule has 2 aromatic carbocycles. The summed E-state index contributed by atoms with van der Waals surface area (Å²) in [6.45, 7) is 6.26. The number of hydrogen-bond donors (Lipinski definition) is 1. The summed E-state index contributed by atoms with van der Waals surface area (Å²) < 4.78 is 27.8. The van der Waals surface area contributed by atoms with Crippen molar-refractivity contribution in [3.05, 3.63) is 59.2 Å². The number of imidazole rings is 1. The minimum Gasteiger partial charge on any atom is -0.339 e. The van der Waals surface area contributed by atoms with Gasteiger partial charge in [0.25, 0.3) is 0 Å². The van der Waals surface area contributed by atoms with E-state index in [1.807, 2.05) is 12.1 Å². The normalized spacial score (nSPS) is 26.2. The maximum absolute atomic E-state index is 13.9. The monoisotopic (exact) mass is 507 g/mol. The minimum absolute atomic E-state index is 0.182. The van der Waals surface area contributed by atoms with Gasteiger partial charge < -0.3 is 19.7 Å². The number of aromatic nitrogens is 2. The molecule has 37 heavy (non-hydrogen) atoms. The molecule has 2 heterocycles. The molecule has 1 aromatic heterocycles. The number of carbonyl (C=O) groups excluding carboxylic acids is 1. The van der Waals surface area contributed by atoms with E-state index in [9.17, 15) is 13.6 Å². The third-order valence-corrected chi connectivity index (χ3v) is 9.00. The van der Waals surface area contributed by atoms with Crippen LogP contribution in [0.1, 0.15) is 48.0 Å². The summed E-state index contributed by atoms with van der Waals surface area (Å²) in [6, 6.07) is 10.8. The van der Waals surface area contributed by atoms with E-state index >= 15 is 0 Å². The Kier molecular flexibility index (Phi) is 6.49. The Labute approximate surface area is 216 Å². The van der Waals surface area contributed by atoms with Crippen molar-refractivity contribution < 1.29 is 13.6 Å². The average Bonchev–Trinajstić information content (AvgIpc) is 3.53. The molecule has 0 radical (unpaired) electrons. The summed E-state index contributed by atoms with van der Waals surface area (Å²) in [5.41, 5.74) is 3.20. The molecule has 196 valence electrons. The molecule has 0 bridgehead atoms. The van der Waals surface area contributed by atoms with E-state index in [0.29, 0.717) is 28.9 Å².